The molecule has 0 aromatic carbocycles. The zero-order valence-corrected chi connectivity index (χ0v) is 14.3. The highest BCUT2D eigenvalue weighted by atomic mass is 35.5. The van der Waals surface area contributed by atoms with Gasteiger partial charge in [0.2, 0.25) is 0 Å². The van der Waals surface area contributed by atoms with Crippen molar-refractivity contribution in [2.45, 2.75) is 78.4 Å². The second-order valence-electron chi connectivity index (χ2n) is 6.90. The maximum atomic E-state index is 4.75. The maximum Gasteiger partial charge on any atom is 0.151 e. The Hall–Kier alpha value is -0.610. The molecule has 5 heteroatoms. The van der Waals surface area contributed by atoms with Crippen molar-refractivity contribution in [2.24, 2.45) is 5.92 Å². The Morgan fingerprint density at radius 2 is 2.00 bits per heavy atom. The molecule has 1 heterocycles. The van der Waals surface area contributed by atoms with E-state index in [0.717, 1.165) is 24.6 Å². The monoisotopic (exact) mass is 300 g/mol. The second-order valence-corrected chi connectivity index (χ2v) is 6.90. The summed E-state index contributed by atoms with van der Waals surface area (Å²) in [6.07, 6.45) is 4.78. The van der Waals surface area contributed by atoms with Crippen molar-refractivity contribution >= 4 is 12.4 Å². The molecule has 1 aromatic rings. The minimum atomic E-state index is 0. The first kappa shape index (κ1) is 17.4. The van der Waals surface area contributed by atoms with Crippen molar-refractivity contribution in [3.63, 3.8) is 0 Å². The van der Waals surface area contributed by atoms with E-state index >= 15 is 0 Å². The Bertz CT molecular complexity index is 418. The second kappa shape index (κ2) is 6.90. The fraction of sp³-hybridized carbons (Fsp3) is 0.867. The van der Waals surface area contributed by atoms with Gasteiger partial charge in [0.1, 0.15) is 5.82 Å². The summed E-state index contributed by atoms with van der Waals surface area (Å²) in [6, 6.07) is 0.711. The Morgan fingerprint density at radius 1 is 1.35 bits per heavy atom. The summed E-state index contributed by atoms with van der Waals surface area (Å²) in [4.78, 5) is 4.75. The molecule has 2 rings (SSSR count). The fourth-order valence-corrected chi connectivity index (χ4v) is 2.11. The molecule has 4 nitrogen and oxygen atoms in total. The van der Waals surface area contributed by atoms with Crippen LogP contribution in [-0.4, -0.2) is 20.8 Å². The molecule has 1 atom stereocenters. The van der Waals surface area contributed by atoms with E-state index in [1.165, 1.54) is 19.3 Å². The number of rotatable bonds is 6. The molecular formula is C15H29ClN4. The van der Waals surface area contributed by atoms with Gasteiger partial charge in [0, 0.05) is 12.5 Å². The Kier molecular flexibility index (Phi) is 6.02. The summed E-state index contributed by atoms with van der Waals surface area (Å²) >= 11 is 0. The molecule has 20 heavy (non-hydrogen) atoms. The van der Waals surface area contributed by atoms with E-state index in [9.17, 15) is 0 Å². The molecule has 1 aliphatic rings. The highest BCUT2D eigenvalue weighted by molar-refractivity contribution is 5.85. The number of nitrogens with one attached hydrogen (secondary N) is 1. The number of hydrogen-bond acceptors (Lipinski definition) is 3. The van der Waals surface area contributed by atoms with E-state index in [2.05, 4.69) is 44.6 Å². The molecule has 1 unspecified atom stereocenters. The largest absolute Gasteiger partial charge is 0.307 e. The van der Waals surface area contributed by atoms with Crippen LogP contribution in [0.25, 0.3) is 0 Å². The molecule has 1 saturated carbocycles. The minimum Gasteiger partial charge on any atom is -0.307 e. The molecule has 0 amide bonds. The Balaban J connectivity index is 0.00000200. The topological polar surface area (TPSA) is 42.7 Å². The van der Waals surface area contributed by atoms with Crippen LogP contribution in [0.4, 0.5) is 0 Å². The molecule has 1 fully saturated rings. The van der Waals surface area contributed by atoms with E-state index in [1.807, 2.05) is 0 Å². The van der Waals surface area contributed by atoms with Crippen LogP contribution in [0.1, 0.15) is 65.5 Å². The van der Waals surface area contributed by atoms with Gasteiger partial charge in [0.05, 0.1) is 12.1 Å². The molecule has 1 aliphatic carbocycles. The van der Waals surface area contributed by atoms with E-state index in [1.54, 1.807) is 0 Å². The summed E-state index contributed by atoms with van der Waals surface area (Å²) in [6.45, 7) is 11.9. The summed E-state index contributed by atoms with van der Waals surface area (Å²) < 4.78 is 2.10. The van der Waals surface area contributed by atoms with Crippen LogP contribution < -0.4 is 5.32 Å². The van der Waals surface area contributed by atoms with Crippen LogP contribution in [0.2, 0.25) is 0 Å². The highest BCUT2D eigenvalue weighted by Crippen LogP contribution is 2.21. The third-order valence-electron chi connectivity index (χ3n) is 3.71. The third kappa shape index (κ3) is 4.74. The lowest BCUT2D eigenvalue weighted by molar-refractivity contribution is 0.335. The molecule has 116 valence electrons. The molecular weight excluding hydrogens is 272 g/mol. The van der Waals surface area contributed by atoms with Gasteiger partial charge < -0.3 is 5.32 Å². The predicted molar refractivity (Wildman–Crippen MR) is 85.3 cm³/mol. The number of halogens is 1. The van der Waals surface area contributed by atoms with Gasteiger partial charge in [-0.3, -0.25) is 0 Å². The van der Waals surface area contributed by atoms with Gasteiger partial charge in [0.25, 0.3) is 0 Å². The SMILES string of the molecule is CCC(C)Cc1nc(CNC2CC2)n(C(C)(C)C)n1.Cl. The van der Waals surface area contributed by atoms with Gasteiger partial charge in [-0.15, -0.1) is 12.4 Å². The van der Waals surface area contributed by atoms with E-state index < -0.39 is 0 Å². The average molecular weight is 301 g/mol. The zero-order valence-electron chi connectivity index (χ0n) is 13.4. The predicted octanol–water partition coefficient (Wildman–Crippen LogP) is 3.30. The molecule has 0 aliphatic heterocycles. The Morgan fingerprint density at radius 3 is 2.50 bits per heavy atom. The minimum absolute atomic E-state index is 0. The van der Waals surface area contributed by atoms with Crippen LogP contribution in [0, 0.1) is 5.92 Å². The summed E-state index contributed by atoms with van der Waals surface area (Å²) in [5.41, 5.74) is 0.00126. The molecule has 0 bridgehead atoms. The van der Waals surface area contributed by atoms with Crippen molar-refractivity contribution in [2.75, 3.05) is 0 Å². The van der Waals surface area contributed by atoms with E-state index in [4.69, 9.17) is 10.1 Å². The molecule has 1 aromatic heterocycles. The lowest BCUT2D eigenvalue weighted by Crippen LogP contribution is -2.28. The van der Waals surface area contributed by atoms with E-state index in [-0.39, 0.29) is 17.9 Å². The number of aromatic nitrogens is 3. The molecule has 0 radical (unpaired) electrons. The maximum absolute atomic E-state index is 4.75. The third-order valence-corrected chi connectivity index (χ3v) is 3.71. The van der Waals surface area contributed by atoms with Crippen LogP contribution in [0.15, 0.2) is 0 Å². The van der Waals surface area contributed by atoms with Crippen LogP contribution in [0.3, 0.4) is 0 Å². The van der Waals surface area contributed by atoms with Crippen molar-refractivity contribution in [3.8, 4) is 0 Å². The Labute approximate surface area is 129 Å². The quantitative estimate of drug-likeness (QED) is 0.876. The van der Waals surface area contributed by atoms with Crippen molar-refractivity contribution in [1.82, 2.24) is 20.1 Å². The van der Waals surface area contributed by atoms with Crippen LogP contribution in [0.5, 0.6) is 0 Å². The lowest BCUT2D eigenvalue weighted by atomic mass is 10.1. The standard InChI is InChI=1S/C15H28N4.ClH/c1-6-11(2)9-13-17-14(10-16-12-7-8-12)19(18-13)15(3,4)5;/h11-12,16H,6-10H2,1-5H3;1H. The van der Waals surface area contributed by atoms with Crippen LogP contribution >= 0.6 is 12.4 Å². The van der Waals surface area contributed by atoms with Gasteiger partial charge in [-0.2, -0.15) is 5.10 Å². The van der Waals surface area contributed by atoms with Crippen LogP contribution in [-0.2, 0) is 18.5 Å². The number of nitrogens with zero attached hydrogens (tertiary/aromatic N) is 3. The first-order valence-corrected chi connectivity index (χ1v) is 7.58. The van der Waals surface area contributed by atoms with Gasteiger partial charge in [-0.05, 0) is 39.5 Å². The van der Waals surface area contributed by atoms with Crippen molar-refractivity contribution < 1.29 is 0 Å². The van der Waals surface area contributed by atoms with Crippen molar-refractivity contribution in [1.29, 1.82) is 0 Å². The average Bonchev–Trinajstić information content (AvgIpc) is 3.06. The molecule has 0 saturated heterocycles. The van der Waals surface area contributed by atoms with Crippen molar-refractivity contribution in [3.05, 3.63) is 11.6 Å². The highest BCUT2D eigenvalue weighted by Gasteiger charge is 2.24. The van der Waals surface area contributed by atoms with Gasteiger partial charge in [-0.1, -0.05) is 20.3 Å². The smallest absolute Gasteiger partial charge is 0.151 e. The van der Waals surface area contributed by atoms with Gasteiger partial charge in [-0.25, -0.2) is 9.67 Å². The molecule has 0 spiro atoms. The lowest BCUT2D eigenvalue weighted by Gasteiger charge is -2.21. The number of hydrogen-bond donors (Lipinski definition) is 1. The summed E-state index contributed by atoms with van der Waals surface area (Å²) in [5.74, 6) is 2.73. The first-order chi connectivity index (χ1) is 8.90. The zero-order chi connectivity index (χ0) is 14.0. The molecule has 1 N–H and O–H groups in total. The van der Waals surface area contributed by atoms with Gasteiger partial charge >= 0.3 is 0 Å². The van der Waals surface area contributed by atoms with E-state index in [0.29, 0.717) is 12.0 Å². The summed E-state index contributed by atoms with van der Waals surface area (Å²) in [7, 11) is 0. The fourth-order valence-electron chi connectivity index (χ4n) is 2.11. The summed E-state index contributed by atoms with van der Waals surface area (Å²) in [5, 5.41) is 8.28. The normalized spacial score (nSPS) is 16.9. The van der Waals surface area contributed by atoms with Gasteiger partial charge in [0.15, 0.2) is 5.82 Å². The first-order valence-electron chi connectivity index (χ1n) is 7.58.